The molecule has 0 saturated heterocycles. The predicted molar refractivity (Wildman–Crippen MR) is 80.4 cm³/mol. The molecule has 118 valence electrons. The fourth-order valence-electron chi connectivity index (χ4n) is 2.05. The molecule has 1 aromatic carbocycles. The van der Waals surface area contributed by atoms with Gasteiger partial charge in [-0.1, -0.05) is 6.07 Å². The average Bonchev–Trinajstić information content (AvgIpc) is 3.12. The summed E-state index contributed by atoms with van der Waals surface area (Å²) >= 11 is 0. The fraction of sp³-hybridized carbons (Fsp3) is 0.143. The van der Waals surface area contributed by atoms with Gasteiger partial charge in [0, 0.05) is 18.9 Å². The molecule has 0 aliphatic rings. The van der Waals surface area contributed by atoms with Crippen molar-refractivity contribution in [3.63, 3.8) is 0 Å². The molecule has 0 unspecified atom stereocenters. The molecule has 0 aliphatic carbocycles. The Hall–Kier alpha value is -2.81. The van der Waals surface area contributed by atoms with Crippen LogP contribution in [-0.2, 0) is 16.9 Å². The highest BCUT2D eigenvalue weighted by molar-refractivity contribution is 7.90. The zero-order valence-electron chi connectivity index (χ0n) is 12.3. The average molecular weight is 332 g/mol. The number of sulfone groups is 1. The van der Waals surface area contributed by atoms with Crippen molar-refractivity contribution < 1.29 is 17.6 Å². The lowest BCUT2D eigenvalue weighted by atomic mass is 10.2. The lowest BCUT2D eigenvalue weighted by Gasteiger charge is -2.00. The van der Waals surface area contributed by atoms with Crippen molar-refractivity contribution in [3.8, 4) is 23.0 Å². The number of hydrogen-bond donors (Lipinski definition) is 0. The van der Waals surface area contributed by atoms with E-state index in [4.69, 9.17) is 4.42 Å². The summed E-state index contributed by atoms with van der Waals surface area (Å²) in [6, 6.07) is 7.76. The van der Waals surface area contributed by atoms with E-state index in [1.54, 1.807) is 19.2 Å². The summed E-state index contributed by atoms with van der Waals surface area (Å²) in [6.07, 6.45) is 1.75. The Bertz CT molecular complexity index is 988. The highest BCUT2D eigenvalue weighted by Gasteiger charge is 2.16. The Balaban J connectivity index is 2.02. The van der Waals surface area contributed by atoms with Crippen LogP contribution in [-0.4, -0.2) is 40.9 Å². The Morgan fingerprint density at radius 1 is 1.17 bits per heavy atom. The van der Waals surface area contributed by atoms with Gasteiger partial charge in [0.05, 0.1) is 4.90 Å². The van der Waals surface area contributed by atoms with Crippen LogP contribution in [0.15, 0.2) is 39.6 Å². The number of aryl methyl sites for hydroxylation is 1. The van der Waals surface area contributed by atoms with Crippen LogP contribution in [0.2, 0.25) is 0 Å². The van der Waals surface area contributed by atoms with Crippen molar-refractivity contribution in [3.05, 3.63) is 36.0 Å². The summed E-state index contributed by atoms with van der Waals surface area (Å²) < 4.78 is 30.2. The molecule has 0 spiro atoms. The topological polar surface area (TPSA) is 108 Å². The highest BCUT2D eigenvalue weighted by Crippen LogP contribution is 2.25. The molecule has 3 rings (SSSR count). The van der Waals surface area contributed by atoms with Crippen LogP contribution in [0.4, 0.5) is 0 Å². The number of carbonyl (C=O) groups excluding carboxylic acids is 1. The minimum atomic E-state index is -3.33. The van der Waals surface area contributed by atoms with Crippen LogP contribution in [0, 0.1) is 0 Å². The van der Waals surface area contributed by atoms with Gasteiger partial charge in [-0.25, -0.2) is 8.42 Å². The summed E-state index contributed by atoms with van der Waals surface area (Å²) in [4.78, 5) is 10.9. The van der Waals surface area contributed by atoms with E-state index in [0.29, 0.717) is 17.5 Å². The van der Waals surface area contributed by atoms with Gasteiger partial charge in [-0.3, -0.25) is 9.48 Å². The normalized spacial score (nSPS) is 11.6. The number of rotatable bonds is 4. The minimum Gasteiger partial charge on any atom is -0.415 e. The Kier molecular flexibility index (Phi) is 3.57. The van der Waals surface area contributed by atoms with Crippen LogP contribution in [0.5, 0.6) is 0 Å². The quantitative estimate of drug-likeness (QED) is 0.663. The second-order valence-corrected chi connectivity index (χ2v) is 6.92. The number of nitrogens with zero attached hydrogens (tertiary/aromatic N) is 4. The molecule has 8 nitrogen and oxygen atoms in total. The second kappa shape index (κ2) is 5.43. The van der Waals surface area contributed by atoms with Crippen LogP contribution in [0.25, 0.3) is 23.0 Å². The van der Waals surface area contributed by atoms with Crippen LogP contribution in [0.1, 0.15) is 10.5 Å². The minimum absolute atomic E-state index is 0.165. The van der Waals surface area contributed by atoms with Gasteiger partial charge in [0.2, 0.25) is 5.89 Å². The van der Waals surface area contributed by atoms with Gasteiger partial charge in [0.15, 0.2) is 16.1 Å². The Morgan fingerprint density at radius 3 is 2.57 bits per heavy atom. The van der Waals surface area contributed by atoms with E-state index in [1.807, 2.05) is 0 Å². The molecular formula is C14H12N4O4S. The SMILES string of the molecule is Cn1nc(C=O)cc1-c1nnc(-c2cccc(S(C)(=O)=O)c2)o1. The van der Waals surface area contributed by atoms with E-state index in [2.05, 4.69) is 15.3 Å². The first-order chi connectivity index (χ1) is 10.9. The molecule has 0 bridgehead atoms. The summed E-state index contributed by atoms with van der Waals surface area (Å²) in [5.74, 6) is 0.368. The Morgan fingerprint density at radius 2 is 1.91 bits per heavy atom. The van der Waals surface area contributed by atoms with E-state index in [9.17, 15) is 13.2 Å². The Labute approximate surface area is 131 Å². The van der Waals surface area contributed by atoms with Crippen molar-refractivity contribution >= 4 is 16.1 Å². The number of aldehydes is 1. The number of hydrogen-bond acceptors (Lipinski definition) is 7. The third kappa shape index (κ3) is 2.90. The number of carbonyl (C=O) groups is 1. The van der Waals surface area contributed by atoms with Crippen molar-refractivity contribution in [1.29, 1.82) is 0 Å². The maximum atomic E-state index is 11.6. The summed E-state index contributed by atoms with van der Waals surface area (Å²) in [5, 5.41) is 11.8. The maximum absolute atomic E-state index is 11.6. The van der Waals surface area contributed by atoms with E-state index >= 15 is 0 Å². The summed E-state index contributed by atoms with van der Waals surface area (Å²) in [6.45, 7) is 0. The van der Waals surface area contributed by atoms with E-state index in [1.165, 1.54) is 22.9 Å². The zero-order chi connectivity index (χ0) is 16.6. The van der Waals surface area contributed by atoms with Crippen molar-refractivity contribution in [2.24, 2.45) is 7.05 Å². The molecular weight excluding hydrogens is 320 g/mol. The molecule has 0 aliphatic heterocycles. The number of aromatic nitrogens is 4. The summed E-state index contributed by atoms with van der Waals surface area (Å²) in [5.41, 5.74) is 1.23. The molecule has 2 aromatic heterocycles. The third-order valence-corrected chi connectivity index (χ3v) is 4.28. The molecule has 0 atom stereocenters. The first kappa shape index (κ1) is 15.1. The van der Waals surface area contributed by atoms with E-state index < -0.39 is 9.84 Å². The lowest BCUT2D eigenvalue weighted by molar-refractivity contribution is 0.111. The zero-order valence-corrected chi connectivity index (χ0v) is 13.1. The van der Waals surface area contributed by atoms with Crippen LogP contribution in [0.3, 0.4) is 0 Å². The van der Waals surface area contributed by atoms with E-state index in [0.717, 1.165) is 6.26 Å². The maximum Gasteiger partial charge on any atom is 0.266 e. The van der Waals surface area contributed by atoms with Gasteiger partial charge in [0.1, 0.15) is 11.4 Å². The predicted octanol–water partition coefficient (Wildman–Crippen LogP) is 1.35. The molecule has 2 heterocycles. The van der Waals surface area contributed by atoms with Crippen LogP contribution >= 0.6 is 0 Å². The third-order valence-electron chi connectivity index (χ3n) is 3.17. The first-order valence-corrected chi connectivity index (χ1v) is 8.41. The number of benzene rings is 1. The smallest absolute Gasteiger partial charge is 0.266 e. The molecule has 0 saturated carbocycles. The van der Waals surface area contributed by atoms with Gasteiger partial charge in [-0.15, -0.1) is 10.2 Å². The molecule has 0 fully saturated rings. The molecule has 23 heavy (non-hydrogen) atoms. The van der Waals surface area contributed by atoms with Gasteiger partial charge >= 0.3 is 0 Å². The fourth-order valence-corrected chi connectivity index (χ4v) is 2.72. The van der Waals surface area contributed by atoms with Gasteiger partial charge in [0.25, 0.3) is 5.89 Å². The molecule has 9 heteroatoms. The monoisotopic (exact) mass is 332 g/mol. The van der Waals surface area contributed by atoms with Crippen molar-refractivity contribution in [2.75, 3.05) is 6.26 Å². The van der Waals surface area contributed by atoms with Crippen LogP contribution < -0.4 is 0 Å². The molecule has 0 amide bonds. The van der Waals surface area contributed by atoms with Crippen molar-refractivity contribution in [1.82, 2.24) is 20.0 Å². The summed E-state index contributed by atoms with van der Waals surface area (Å²) in [7, 11) is -1.68. The molecule has 0 N–H and O–H groups in total. The van der Waals surface area contributed by atoms with Gasteiger partial charge in [-0.2, -0.15) is 5.10 Å². The molecule has 0 radical (unpaired) electrons. The van der Waals surface area contributed by atoms with Gasteiger partial charge < -0.3 is 4.42 Å². The van der Waals surface area contributed by atoms with Crippen molar-refractivity contribution in [2.45, 2.75) is 4.90 Å². The molecule has 3 aromatic rings. The first-order valence-electron chi connectivity index (χ1n) is 6.52. The van der Waals surface area contributed by atoms with E-state index in [-0.39, 0.29) is 22.4 Å². The lowest BCUT2D eigenvalue weighted by Crippen LogP contribution is -1.96. The largest absolute Gasteiger partial charge is 0.415 e. The van der Waals surface area contributed by atoms with Gasteiger partial charge in [-0.05, 0) is 24.3 Å². The highest BCUT2D eigenvalue weighted by atomic mass is 32.2. The second-order valence-electron chi connectivity index (χ2n) is 4.91. The standard InChI is InChI=1S/C14H12N4O4S/c1-18-12(7-10(8-19)17-18)14-16-15-13(22-14)9-4-3-5-11(6-9)23(2,20)21/h3-8H,1-2H3.